The molecule has 0 bridgehead atoms. The van der Waals surface area contributed by atoms with Gasteiger partial charge in [0.25, 0.3) is 0 Å². The van der Waals surface area contributed by atoms with Crippen LogP contribution in [0.25, 0.3) is 0 Å². The fourth-order valence-electron chi connectivity index (χ4n) is 2.16. The summed E-state index contributed by atoms with van der Waals surface area (Å²) in [5.41, 5.74) is 5.29. The molecule has 4 N–H and O–H groups in total. The summed E-state index contributed by atoms with van der Waals surface area (Å²) in [6.45, 7) is 2.34. The van der Waals surface area contributed by atoms with Crippen LogP contribution in [0.3, 0.4) is 0 Å². The molecule has 2 aliphatic rings. The Kier molecular flexibility index (Phi) is 3.16. The number of hydrogen-bond donors (Lipinski definition) is 3. The molecule has 2 fully saturated rings. The third kappa shape index (κ3) is 2.48. The molecule has 0 aromatic heterocycles. The van der Waals surface area contributed by atoms with Crippen LogP contribution in [0, 0.1) is 11.3 Å². The third-order valence-corrected chi connectivity index (χ3v) is 3.31. The van der Waals surface area contributed by atoms with Crippen LogP contribution in [0.4, 0.5) is 0 Å². The predicted octanol–water partition coefficient (Wildman–Crippen LogP) is -1.84. The van der Waals surface area contributed by atoms with Gasteiger partial charge < -0.3 is 20.9 Å². The van der Waals surface area contributed by atoms with Crippen LogP contribution >= 0.6 is 0 Å². The van der Waals surface area contributed by atoms with Crippen molar-refractivity contribution in [1.82, 2.24) is 15.1 Å². The molecule has 2 heterocycles. The van der Waals surface area contributed by atoms with Gasteiger partial charge in [-0.25, -0.2) is 0 Å². The van der Waals surface area contributed by atoms with Gasteiger partial charge >= 0.3 is 0 Å². The van der Waals surface area contributed by atoms with Crippen LogP contribution in [0.15, 0.2) is 0 Å². The second kappa shape index (κ2) is 4.60. The van der Waals surface area contributed by atoms with E-state index in [0.717, 1.165) is 12.8 Å². The zero-order valence-electron chi connectivity index (χ0n) is 9.56. The maximum atomic E-state index is 11.8. The van der Waals surface area contributed by atoms with Crippen molar-refractivity contribution >= 4 is 18.3 Å². The summed E-state index contributed by atoms with van der Waals surface area (Å²) in [5.74, 6) is -0.0634. The Morgan fingerprint density at radius 1 is 1.41 bits per heavy atom. The number of rotatable bonds is 3. The molecule has 2 amide bonds. The molecule has 0 saturated carbocycles. The molecule has 2 aliphatic heterocycles. The monoisotopic (exact) mass is 239 g/mol. The first-order valence-corrected chi connectivity index (χ1v) is 5.69. The van der Waals surface area contributed by atoms with Gasteiger partial charge in [0.05, 0.1) is 5.92 Å². The highest BCUT2D eigenvalue weighted by atomic mass is 16.2. The first-order valence-electron chi connectivity index (χ1n) is 5.69. The Bertz CT molecular complexity index is 340. The second-order valence-corrected chi connectivity index (χ2v) is 4.58. The number of carbonyl (C=O) groups is 2. The van der Waals surface area contributed by atoms with Crippen LogP contribution in [0.5, 0.6) is 0 Å². The fraction of sp³-hybridized carbons (Fsp3) is 0.700. The summed E-state index contributed by atoms with van der Waals surface area (Å²) in [6.07, 6.45) is 1.63. The third-order valence-electron chi connectivity index (χ3n) is 3.31. The highest BCUT2D eigenvalue weighted by Gasteiger charge is 2.35. The largest absolute Gasteiger partial charge is 0.370 e. The minimum absolute atomic E-state index is 0.000231. The highest BCUT2D eigenvalue weighted by Crippen LogP contribution is 2.16. The van der Waals surface area contributed by atoms with Crippen LogP contribution in [-0.4, -0.2) is 60.3 Å². The van der Waals surface area contributed by atoms with Crippen molar-refractivity contribution < 1.29 is 9.59 Å². The van der Waals surface area contributed by atoms with Crippen LogP contribution in [0.1, 0.15) is 6.42 Å². The molecule has 1 atom stereocenters. The molecule has 17 heavy (non-hydrogen) atoms. The Hall–Kier alpha value is -1.79. The van der Waals surface area contributed by atoms with Crippen LogP contribution < -0.4 is 11.1 Å². The summed E-state index contributed by atoms with van der Waals surface area (Å²) in [5, 5.41) is 10.1. The lowest BCUT2D eigenvalue weighted by molar-refractivity contribution is -0.129. The molecule has 7 nitrogen and oxygen atoms in total. The number of nitrogens with zero attached hydrogens (tertiary/aromatic N) is 2. The van der Waals surface area contributed by atoms with Crippen LogP contribution in [-0.2, 0) is 9.59 Å². The number of carbonyl (C=O) groups excluding carboxylic acids is 2. The standard InChI is InChI=1S/C10H17N5O2/c11-10(12)15-3-7(4-15)9(17)13-8-1-2-14(5-8)6-16/h6-8H,1-5H2,(H3,11,12)(H,13,17). The fourth-order valence-corrected chi connectivity index (χ4v) is 2.16. The van der Waals surface area contributed by atoms with Crippen molar-refractivity contribution in [3.63, 3.8) is 0 Å². The van der Waals surface area contributed by atoms with Gasteiger partial charge in [-0.1, -0.05) is 0 Å². The minimum atomic E-state index is -0.0795. The lowest BCUT2D eigenvalue weighted by atomic mass is 9.99. The summed E-state index contributed by atoms with van der Waals surface area (Å²) in [7, 11) is 0. The molecule has 7 heteroatoms. The van der Waals surface area contributed by atoms with Crippen molar-refractivity contribution in [3.05, 3.63) is 0 Å². The summed E-state index contributed by atoms with van der Waals surface area (Å²) in [4.78, 5) is 25.6. The van der Waals surface area contributed by atoms with Crippen LogP contribution in [0.2, 0.25) is 0 Å². The number of amides is 2. The molecule has 0 aliphatic carbocycles. The number of likely N-dealkylation sites (tertiary alicyclic amines) is 2. The summed E-state index contributed by atoms with van der Waals surface area (Å²) in [6, 6.07) is 0.0686. The number of nitrogens with one attached hydrogen (secondary N) is 2. The van der Waals surface area contributed by atoms with Crippen molar-refractivity contribution in [2.45, 2.75) is 12.5 Å². The maximum absolute atomic E-state index is 11.8. The lowest BCUT2D eigenvalue weighted by Gasteiger charge is -2.38. The smallest absolute Gasteiger partial charge is 0.226 e. The van der Waals surface area contributed by atoms with Gasteiger partial charge in [0.2, 0.25) is 12.3 Å². The second-order valence-electron chi connectivity index (χ2n) is 4.58. The molecule has 0 spiro atoms. The SMILES string of the molecule is N=C(N)N1CC(C(=O)NC2CCN(C=O)C2)C1. The van der Waals surface area contributed by atoms with E-state index in [9.17, 15) is 9.59 Å². The quantitative estimate of drug-likeness (QED) is 0.306. The van der Waals surface area contributed by atoms with E-state index in [2.05, 4.69) is 5.32 Å². The van der Waals surface area contributed by atoms with Gasteiger partial charge in [-0.15, -0.1) is 0 Å². The van der Waals surface area contributed by atoms with Crippen molar-refractivity contribution in [2.24, 2.45) is 11.7 Å². The lowest BCUT2D eigenvalue weighted by Crippen LogP contribution is -2.58. The minimum Gasteiger partial charge on any atom is -0.370 e. The maximum Gasteiger partial charge on any atom is 0.226 e. The van der Waals surface area contributed by atoms with Gasteiger partial charge in [-0.05, 0) is 6.42 Å². The van der Waals surface area contributed by atoms with Gasteiger partial charge in [-0.3, -0.25) is 15.0 Å². The molecule has 2 rings (SSSR count). The number of hydrogen-bond acceptors (Lipinski definition) is 3. The zero-order chi connectivity index (χ0) is 12.4. The Labute approximate surface area is 99.4 Å². The van der Waals surface area contributed by atoms with Crippen molar-refractivity contribution in [1.29, 1.82) is 5.41 Å². The molecule has 94 valence electrons. The topological polar surface area (TPSA) is 103 Å². The average Bonchev–Trinajstić information content (AvgIpc) is 2.62. The molecule has 0 aromatic rings. The predicted molar refractivity (Wildman–Crippen MR) is 61.2 cm³/mol. The van der Waals surface area contributed by atoms with E-state index in [1.807, 2.05) is 0 Å². The van der Waals surface area contributed by atoms with Crippen molar-refractivity contribution in [3.8, 4) is 0 Å². The van der Waals surface area contributed by atoms with Crippen molar-refractivity contribution in [2.75, 3.05) is 26.2 Å². The molecule has 2 saturated heterocycles. The van der Waals surface area contributed by atoms with Gasteiger partial charge in [-0.2, -0.15) is 0 Å². The van der Waals surface area contributed by atoms with Gasteiger partial charge in [0.1, 0.15) is 0 Å². The summed E-state index contributed by atoms with van der Waals surface area (Å²) < 4.78 is 0. The first kappa shape index (κ1) is 11.7. The first-order chi connectivity index (χ1) is 8.10. The van der Waals surface area contributed by atoms with E-state index in [1.165, 1.54) is 0 Å². The van der Waals surface area contributed by atoms with E-state index >= 15 is 0 Å². The number of guanidine groups is 1. The number of nitrogens with two attached hydrogens (primary N) is 1. The van der Waals surface area contributed by atoms with Gasteiger partial charge in [0, 0.05) is 32.2 Å². The molecule has 0 radical (unpaired) electrons. The normalized spacial score (nSPS) is 24.4. The van der Waals surface area contributed by atoms with E-state index < -0.39 is 0 Å². The molecular weight excluding hydrogens is 222 g/mol. The molecule has 0 aromatic carbocycles. The molecular formula is C10H17N5O2. The van der Waals surface area contributed by atoms with E-state index in [4.69, 9.17) is 11.1 Å². The average molecular weight is 239 g/mol. The van der Waals surface area contributed by atoms with Gasteiger partial charge in [0.15, 0.2) is 5.96 Å². The Morgan fingerprint density at radius 3 is 2.65 bits per heavy atom. The molecule has 1 unspecified atom stereocenters. The summed E-state index contributed by atoms with van der Waals surface area (Å²) >= 11 is 0. The Morgan fingerprint density at radius 2 is 2.12 bits per heavy atom. The van der Waals surface area contributed by atoms with E-state index in [-0.39, 0.29) is 23.8 Å². The zero-order valence-corrected chi connectivity index (χ0v) is 9.56. The van der Waals surface area contributed by atoms with E-state index in [0.29, 0.717) is 26.2 Å². The highest BCUT2D eigenvalue weighted by molar-refractivity contribution is 5.84. The Balaban J connectivity index is 1.72. The van der Waals surface area contributed by atoms with E-state index in [1.54, 1.807) is 9.80 Å².